The number of aliphatic hydroxyl groups is 2. The van der Waals surface area contributed by atoms with Crippen LogP contribution in [0.4, 0.5) is 0 Å². The lowest BCUT2D eigenvalue weighted by Crippen LogP contribution is -2.60. The molecule has 9 unspecified atom stereocenters. The topological polar surface area (TPSA) is 93.1 Å². The molecule has 6 nitrogen and oxygen atoms in total. The Morgan fingerprint density at radius 1 is 1.31 bits per heavy atom. The van der Waals surface area contributed by atoms with Crippen molar-refractivity contribution in [1.82, 2.24) is 0 Å². The molecule has 2 N–H and O–H groups in total. The molecule has 26 heavy (non-hydrogen) atoms. The highest BCUT2D eigenvalue weighted by molar-refractivity contribution is 5.86. The van der Waals surface area contributed by atoms with Gasteiger partial charge in [0.2, 0.25) is 0 Å². The normalized spacial score (nSPS) is 56.8. The Hall–Kier alpha value is -1.40. The monoisotopic (exact) mass is 362 g/mol. The van der Waals surface area contributed by atoms with Gasteiger partial charge in [0.1, 0.15) is 5.60 Å². The highest BCUT2D eigenvalue weighted by Gasteiger charge is 2.85. The van der Waals surface area contributed by atoms with E-state index in [-0.39, 0.29) is 18.3 Å². The first-order valence-electron chi connectivity index (χ1n) is 9.58. The van der Waals surface area contributed by atoms with Crippen molar-refractivity contribution in [3.05, 3.63) is 12.2 Å². The highest BCUT2D eigenvalue weighted by atomic mass is 16.6. The lowest BCUT2D eigenvalue weighted by molar-refractivity contribution is -0.178. The van der Waals surface area contributed by atoms with E-state index >= 15 is 0 Å². The van der Waals surface area contributed by atoms with Crippen LogP contribution in [0, 0.1) is 34.5 Å². The van der Waals surface area contributed by atoms with Crippen molar-refractivity contribution in [3.63, 3.8) is 0 Å². The first kappa shape index (κ1) is 16.8. The number of rotatable bonds is 1. The molecule has 1 spiro atoms. The molecule has 0 amide bonds. The second kappa shape index (κ2) is 4.71. The standard InChI is InChI=1S/C20H26O6/c1-9-7-19-8-10(9)4-5-11(19)20-13(22)6-12(21)18(2,17(24)26-20)15(20)14(19)16(23)25-3/h10-15,21-22H,1,4-8H2,2-3H3. The molecule has 0 aromatic carbocycles. The van der Waals surface area contributed by atoms with E-state index in [1.807, 2.05) is 0 Å². The SMILES string of the molecule is C=C1CC23CC1CCC2C12OC(=O)C(C)(C(O)CC1O)C2C3C(=O)OC. The summed E-state index contributed by atoms with van der Waals surface area (Å²) in [5.41, 5.74) is -1.53. The van der Waals surface area contributed by atoms with Gasteiger partial charge in [-0.3, -0.25) is 9.59 Å². The smallest absolute Gasteiger partial charge is 0.315 e. The Morgan fingerprint density at radius 3 is 2.73 bits per heavy atom. The van der Waals surface area contributed by atoms with Gasteiger partial charge in [0.25, 0.3) is 0 Å². The van der Waals surface area contributed by atoms with Crippen LogP contribution in [0.15, 0.2) is 12.2 Å². The summed E-state index contributed by atoms with van der Waals surface area (Å²) in [6.45, 7) is 5.94. The summed E-state index contributed by atoms with van der Waals surface area (Å²) < 4.78 is 11.2. The van der Waals surface area contributed by atoms with E-state index in [1.165, 1.54) is 7.11 Å². The molecule has 0 aromatic heterocycles. The largest absolute Gasteiger partial charge is 0.469 e. The van der Waals surface area contributed by atoms with Gasteiger partial charge >= 0.3 is 11.9 Å². The maximum Gasteiger partial charge on any atom is 0.315 e. The quantitative estimate of drug-likeness (QED) is 0.538. The molecule has 1 heterocycles. The summed E-state index contributed by atoms with van der Waals surface area (Å²) in [5.74, 6) is -1.71. The Balaban J connectivity index is 1.78. The van der Waals surface area contributed by atoms with Crippen LogP contribution in [0.1, 0.15) is 39.0 Å². The van der Waals surface area contributed by atoms with Crippen LogP contribution in [0.25, 0.3) is 0 Å². The van der Waals surface area contributed by atoms with Gasteiger partial charge in [-0.15, -0.1) is 0 Å². The fourth-order valence-corrected chi connectivity index (χ4v) is 7.74. The zero-order chi connectivity index (χ0) is 18.6. The van der Waals surface area contributed by atoms with E-state index in [1.54, 1.807) is 6.92 Å². The lowest BCUT2D eigenvalue weighted by atomic mass is 9.58. The molecular formula is C20H26O6. The summed E-state index contributed by atoms with van der Waals surface area (Å²) in [6.07, 6.45) is 1.37. The van der Waals surface area contributed by atoms with Gasteiger partial charge in [-0.25, -0.2) is 0 Å². The molecule has 9 atom stereocenters. The lowest BCUT2D eigenvalue weighted by Gasteiger charge is -2.47. The molecule has 4 bridgehead atoms. The number of ether oxygens (including phenoxy) is 2. The Labute approximate surface area is 152 Å². The van der Waals surface area contributed by atoms with Crippen molar-refractivity contribution in [3.8, 4) is 0 Å². The molecule has 5 aliphatic rings. The van der Waals surface area contributed by atoms with E-state index in [2.05, 4.69) is 6.58 Å². The summed E-state index contributed by atoms with van der Waals surface area (Å²) in [4.78, 5) is 25.9. The number of carbonyl (C=O) groups is 2. The summed E-state index contributed by atoms with van der Waals surface area (Å²) in [5, 5.41) is 21.8. The minimum Gasteiger partial charge on any atom is -0.469 e. The molecule has 4 saturated carbocycles. The maximum atomic E-state index is 13.0. The minimum atomic E-state index is -1.19. The Kier molecular flexibility index (Phi) is 3.03. The Bertz CT molecular complexity index is 732. The van der Waals surface area contributed by atoms with Crippen LogP contribution in [0.2, 0.25) is 0 Å². The summed E-state index contributed by atoms with van der Waals surface area (Å²) in [7, 11) is 1.37. The molecular weight excluding hydrogens is 336 g/mol. The van der Waals surface area contributed by atoms with E-state index < -0.39 is 46.4 Å². The molecule has 4 aliphatic carbocycles. The van der Waals surface area contributed by atoms with E-state index in [0.717, 1.165) is 24.8 Å². The molecule has 1 saturated heterocycles. The van der Waals surface area contributed by atoms with Crippen LogP contribution in [0.5, 0.6) is 0 Å². The van der Waals surface area contributed by atoms with Crippen LogP contribution in [-0.4, -0.2) is 47.1 Å². The molecule has 0 aromatic rings. The number of hydrogen-bond acceptors (Lipinski definition) is 6. The number of methoxy groups -OCH3 is 1. The number of fused-ring (bicyclic) bond motifs is 1. The van der Waals surface area contributed by atoms with Crippen molar-refractivity contribution in [1.29, 1.82) is 0 Å². The van der Waals surface area contributed by atoms with Gasteiger partial charge in [-0.2, -0.15) is 0 Å². The molecule has 5 rings (SSSR count). The third kappa shape index (κ3) is 1.47. The zero-order valence-electron chi connectivity index (χ0n) is 15.2. The predicted octanol–water partition coefficient (Wildman–Crippen LogP) is 1.20. The summed E-state index contributed by atoms with van der Waals surface area (Å²) >= 11 is 0. The average molecular weight is 362 g/mol. The fraction of sp³-hybridized carbons (Fsp3) is 0.800. The van der Waals surface area contributed by atoms with E-state index in [0.29, 0.717) is 12.3 Å². The number of hydrogen-bond donors (Lipinski definition) is 2. The van der Waals surface area contributed by atoms with Crippen molar-refractivity contribution < 1.29 is 29.3 Å². The van der Waals surface area contributed by atoms with Crippen LogP contribution >= 0.6 is 0 Å². The first-order valence-corrected chi connectivity index (χ1v) is 9.58. The number of carbonyl (C=O) groups excluding carboxylic acids is 2. The van der Waals surface area contributed by atoms with Gasteiger partial charge in [-0.05, 0) is 43.9 Å². The number of aliphatic hydroxyl groups excluding tert-OH is 2. The van der Waals surface area contributed by atoms with Crippen molar-refractivity contribution in [2.24, 2.45) is 34.5 Å². The van der Waals surface area contributed by atoms with Crippen molar-refractivity contribution in [2.45, 2.75) is 56.8 Å². The first-order chi connectivity index (χ1) is 12.2. The van der Waals surface area contributed by atoms with Gasteiger partial charge in [0.05, 0.1) is 30.7 Å². The third-order valence-corrected chi connectivity index (χ3v) is 8.71. The van der Waals surface area contributed by atoms with E-state index in [9.17, 15) is 19.8 Å². The summed E-state index contributed by atoms with van der Waals surface area (Å²) in [6, 6.07) is 0. The van der Waals surface area contributed by atoms with Crippen LogP contribution < -0.4 is 0 Å². The third-order valence-electron chi connectivity index (χ3n) is 8.71. The second-order valence-corrected chi connectivity index (χ2v) is 9.37. The number of esters is 2. The second-order valence-electron chi connectivity index (χ2n) is 9.37. The number of allylic oxidation sites excluding steroid dienone is 1. The van der Waals surface area contributed by atoms with Gasteiger partial charge in [0.15, 0.2) is 0 Å². The molecule has 6 heteroatoms. The fourth-order valence-electron chi connectivity index (χ4n) is 7.74. The van der Waals surface area contributed by atoms with Gasteiger partial charge in [0, 0.05) is 18.3 Å². The van der Waals surface area contributed by atoms with Crippen molar-refractivity contribution >= 4 is 11.9 Å². The maximum absolute atomic E-state index is 13.0. The molecule has 0 radical (unpaired) electrons. The zero-order valence-corrected chi connectivity index (χ0v) is 15.2. The highest BCUT2D eigenvalue weighted by Crippen LogP contribution is 2.77. The van der Waals surface area contributed by atoms with Crippen LogP contribution in [0.3, 0.4) is 0 Å². The van der Waals surface area contributed by atoms with Gasteiger partial charge in [-0.1, -0.05) is 12.2 Å². The minimum absolute atomic E-state index is 0.101. The van der Waals surface area contributed by atoms with Gasteiger partial charge < -0.3 is 19.7 Å². The van der Waals surface area contributed by atoms with Crippen molar-refractivity contribution in [2.75, 3.05) is 7.11 Å². The molecule has 5 fully saturated rings. The predicted molar refractivity (Wildman–Crippen MR) is 89.6 cm³/mol. The molecule has 142 valence electrons. The average Bonchev–Trinajstić information content (AvgIpc) is 3.08. The Morgan fingerprint density at radius 2 is 2.04 bits per heavy atom. The molecule has 1 aliphatic heterocycles. The van der Waals surface area contributed by atoms with Crippen LogP contribution in [-0.2, 0) is 19.1 Å². The van der Waals surface area contributed by atoms with E-state index in [4.69, 9.17) is 9.47 Å².